The van der Waals surface area contributed by atoms with Gasteiger partial charge in [0.1, 0.15) is 0 Å². The van der Waals surface area contributed by atoms with Gasteiger partial charge in [0.05, 0.1) is 11.3 Å². The lowest BCUT2D eigenvalue weighted by Gasteiger charge is -2.34. The number of rotatable bonds is 5. The molecule has 3 rings (SSSR count). The quantitative estimate of drug-likeness (QED) is 0.838. The minimum Gasteiger partial charge on any atom is -0.411 e. The Labute approximate surface area is 145 Å². The summed E-state index contributed by atoms with van der Waals surface area (Å²) >= 11 is 1.26. The van der Waals surface area contributed by atoms with E-state index >= 15 is 0 Å². The van der Waals surface area contributed by atoms with E-state index < -0.39 is 0 Å². The minimum atomic E-state index is 0.0204. The summed E-state index contributed by atoms with van der Waals surface area (Å²) in [6.45, 7) is 4.48. The zero-order valence-corrected chi connectivity index (χ0v) is 14.8. The third-order valence-electron chi connectivity index (χ3n) is 4.69. The largest absolute Gasteiger partial charge is 0.411 e. The first-order chi connectivity index (χ1) is 11.6. The molecule has 3 atom stereocenters. The van der Waals surface area contributed by atoms with Crippen LogP contribution in [0.25, 0.3) is 11.5 Å². The van der Waals surface area contributed by atoms with Crippen LogP contribution in [0.15, 0.2) is 34.2 Å². The standard InChI is InChI=1S/C17H22N4O2S/c1-11-5-3-7-14(12(11)2)19-15(22)10-24-17-21-20-16(23-17)13-6-4-8-18-9-13/h4,6,8-9,11-12,14H,3,5,7,10H2,1-2H3,(H,19,22)/t11-,12-,14-/m1/s1. The Kier molecular flexibility index (Phi) is 5.50. The molecule has 24 heavy (non-hydrogen) atoms. The van der Waals surface area contributed by atoms with Gasteiger partial charge in [-0.3, -0.25) is 9.78 Å². The van der Waals surface area contributed by atoms with Crippen molar-refractivity contribution in [2.24, 2.45) is 11.8 Å². The predicted octanol–water partition coefficient (Wildman–Crippen LogP) is 3.16. The van der Waals surface area contributed by atoms with Crippen molar-refractivity contribution in [2.45, 2.75) is 44.4 Å². The molecule has 1 N–H and O–H groups in total. The van der Waals surface area contributed by atoms with Crippen molar-refractivity contribution in [3.63, 3.8) is 0 Å². The molecule has 2 aromatic heterocycles. The molecule has 1 amide bonds. The van der Waals surface area contributed by atoms with Crippen LogP contribution >= 0.6 is 11.8 Å². The van der Waals surface area contributed by atoms with Crippen LogP contribution in [-0.4, -0.2) is 32.9 Å². The summed E-state index contributed by atoms with van der Waals surface area (Å²) in [5.74, 6) is 1.91. The van der Waals surface area contributed by atoms with Crippen LogP contribution in [0.1, 0.15) is 33.1 Å². The minimum absolute atomic E-state index is 0.0204. The Morgan fingerprint density at radius 3 is 3.04 bits per heavy atom. The van der Waals surface area contributed by atoms with Gasteiger partial charge in [-0.1, -0.05) is 38.5 Å². The first kappa shape index (κ1) is 17.0. The molecule has 0 bridgehead atoms. The number of pyridine rings is 1. The lowest BCUT2D eigenvalue weighted by atomic mass is 9.78. The van der Waals surface area contributed by atoms with Gasteiger partial charge in [-0.05, 0) is 30.4 Å². The highest BCUT2D eigenvalue weighted by Crippen LogP contribution is 2.29. The number of hydrogen-bond donors (Lipinski definition) is 1. The number of hydrogen-bond acceptors (Lipinski definition) is 6. The van der Waals surface area contributed by atoms with Crippen LogP contribution in [0.5, 0.6) is 0 Å². The molecule has 1 aliphatic carbocycles. The summed E-state index contributed by atoms with van der Waals surface area (Å²) in [7, 11) is 0. The smallest absolute Gasteiger partial charge is 0.277 e. The average molecular weight is 346 g/mol. The fourth-order valence-corrected chi connectivity index (χ4v) is 3.61. The molecule has 1 saturated carbocycles. The molecule has 0 unspecified atom stereocenters. The Hall–Kier alpha value is -1.89. The maximum absolute atomic E-state index is 12.2. The molecule has 1 aliphatic rings. The lowest BCUT2D eigenvalue weighted by Crippen LogP contribution is -2.44. The Morgan fingerprint density at radius 2 is 2.25 bits per heavy atom. The van der Waals surface area contributed by atoms with Crippen molar-refractivity contribution in [2.75, 3.05) is 5.75 Å². The Balaban J connectivity index is 1.51. The van der Waals surface area contributed by atoms with E-state index in [2.05, 4.69) is 34.3 Å². The third kappa shape index (κ3) is 4.14. The second kappa shape index (κ2) is 7.79. The van der Waals surface area contributed by atoms with E-state index in [0.717, 1.165) is 12.0 Å². The zero-order chi connectivity index (χ0) is 16.9. The molecule has 7 heteroatoms. The molecule has 6 nitrogen and oxygen atoms in total. The number of carbonyl (C=O) groups is 1. The van der Waals surface area contributed by atoms with Crippen LogP contribution in [0.3, 0.4) is 0 Å². The SMILES string of the molecule is C[C@@H]1[C@H](C)CCC[C@H]1NC(=O)CSc1nnc(-c2cccnc2)o1. The molecule has 0 aliphatic heterocycles. The van der Waals surface area contributed by atoms with E-state index in [1.54, 1.807) is 12.4 Å². The Morgan fingerprint density at radius 1 is 1.38 bits per heavy atom. The van der Waals surface area contributed by atoms with Gasteiger partial charge in [-0.15, -0.1) is 10.2 Å². The molecule has 128 valence electrons. The van der Waals surface area contributed by atoms with Crippen LogP contribution < -0.4 is 5.32 Å². The topological polar surface area (TPSA) is 80.9 Å². The number of carbonyl (C=O) groups excluding carboxylic acids is 1. The van der Waals surface area contributed by atoms with Crippen LogP contribution in [0.4, 0.5) is 0 Å². The number of aromatic nitrogens is 3. The predicted molar refractivity (Wildman–Crippen MR) is 92.4 cm³/mol. The van der Waals surface area contributed by atoms with Crippen LogP contribution in [0, 0.1) is 11.8 Å². The highest BCUT2D eigenvalue weighted by Gasteiger charge is 2.28. The monoisotopic (exact) mass is 346 g/mol. The van der Waals surface area contributed by atoms with Crippen molar-refractivity contribution in [3.8, 4) is 11.5 Å². The van der Waals surface area contributed by atoms with E-state index in [4.69, 9.17) is 4.42 Å². The van der Waals surface area contributed by atoms with Crippen LogP contribution in [0.2, 0.25) is 0 Å². The summed E-state index contributed by atoms with van der Waals surface area (Å²) in [5.41, 5.74) is 0.770. The number of amides is 1. The molecule has 0 aromatic carbocycles. The number of thioether (sulfide) groups is 1. The van der Waals surface area contributed by atoms with Crippen molar-refractivity contribution >= 4 is 17.7 Å². The summed E-state index contributed by atoms with van der Waals surface area (Å²) in [6, 6.07) is 3.94. The maximum Gasteiger partial charge on any atom is 0.277 e. The van der Waals surface area contributed by atoms with E-state index in [1.165, 1.54) is 24.6 Å². The van der Waals surface area contributed by atoms with Gasteiger partial charge >= 0.3 is 0 Å². The summed E-state index contributed by atoms with van der Waals surface area (Å²) in [6.07, 6.45) is 6.85. The Bertz CT molecular complexity index is 676. The second-order valence-electron chi connectivity index (χ2n) is 6.34. The van der Waals surface area contributed by atoms with E-state index in [0.29, 0.717) is 22.9 Å². The van der Waals surface area contributed by atoms with Gasteiger partial charge in [-0.25, -0.2) is 0 Å². The normalized spacial score (nSPS) is 23.8. The molecule has 2 heterocycles. The second-order valence-corrected chi connectivity index (χ2v) is 7.27. The molecular weight excluding hydrogens is 324 g/mol. The van der Waals surface area contributed by atoms with E-state index in [1.807, 2.05) is 12.1 Å². The molecule has 2 aromatic rings. The average Bonchev–Trinajstić information content (AvgIpc) is 3.07. The maximum atomic E-state index is 12.2. The number of nitrogens with zero attached hydrogens (tertiary/aromatic N) is 3. The van der Waals surface area contributed by atoms with Crippen molar-refractivity contribution in [3.05, 3.63) is 24.5 Å². The molecule has 0 spiro atoms. The van der Waals surface area contributed by atoms with Gasteiger partial charge in [0.2, 0.25) is 11.8 Å². The van der Waals surface area contributed by atoms with Gasteiger partial charge in [0, 0.05) is 18.4 Å². The van der Waals surface area contributed by atoms with Gasteiger partial charge in [0.25, 0.3) is 5.22 Å². The van der Waals surface area contributed by atoms with Crippen molar-refractivity contribution < 1.29 is 9.21 Å². The highest BCUT2D eigenvalue weighted by molar-refractivity contribution is 7.99. The molecule has 0 radical (unpaired) electrons. The molecule has 1 fully saturated rings. The molecular formula is C17H22N4O2S. The highest BCUT2D eigenvalue weighted by atomic mass is 32.2. The van der Waals surface area contributed by atoms with Gasteiger partial charge in [0.15, 0.2) is 0 Å². The van der Waals surface area contributed by atoms with Crippen LogP contribution in [-0.2, 0) is 4.79 Å². The molecule has 0 saturated heterocycles. The van der Waals surface area contributed by atoms with Gasteiger partial charge in [-0.2, -0.15) is 0 Å². The van der Waals surface area contributed by atoms with Crippen molar-refractivity contribution in [1.82, 2.24) is 20.5 Å². The van der Waals surface area contributed by atoms with Gasteiger partial charge < -0.3 is 9.73 Å². The summed E-state index contributed by atoms with van der Waals surface area (Å²) in [4.78, 5) is 16.2. The van der Waals surface area contributed by atoms with E-state index in [-0.39, 0.29) is 17.7 Å². The fourth-order valence-electron chi connectivity index (χ4n) is 3.04. The summed E-state index contributed by atoms with van der Waals surface area (Å²) in [5, 5.41) is 11.5. The third-order valence-corrected chi connectivity index (χ3v) is 5.51. The fraction of sp³-hybridized carbons (Fsp3) is 0.529. The first-order valence-corrected chi connectivity index (χ1v) is 9.28. The number of nitrogens with one attached hydrogen (secondary N) is 1. The van der Waals surface area contributed by atoms with E-state index in [9.17, 15) is 4.79 Å². The zero-order valence-electron chi connectivity index (χ0n) is 13.9. The first-order valence-electron chi connectivity index (χ1n) is 8.29. The van der Waals surface area contributed by atoms with Crippen molar-refractivity contribution in [1.29, 1.82) is 0 Å². The summed E-state index contributed by atoms with van der Waals surface area (Å²) < 4.78 is 5.57. The lowest BCUT2D eigenvalue weighted by molar-refractivity contribution is -0.120.